The first-order chi connectivity index (χ1) is 12.2. The second-order valence-electron chi connectivity index (χ2n) is 6.84. The zero-order valence-electron chi connectivity index (χ0n) is 17.1. The Balaban J connectivity index is 0.00000625. The van der Waals surface area contributed by atoms with Gasteiger partial charge in [0.05, 0.1) is 0 Å². The fourth-order valence-corrected chi connectivity index (χ4v) is 3.46. The molecule has 1 heterocycles. The van der Waals surface area contributed by atoms with Crippen molar-refractivity contribution in [3.05, 3.63) is 9.54 Å². The summed E-state index contributed by atoms with van der Waals surface area (Å²) in [5.41, 5.74) is 0. The smallest absolute Gasteiger partial charge is 0.342 e. The Labute approximate surface area is 192 Å². The summed E-state index contributed by atoms with van der Waals surface area (Å²) in [5.74, 6) is 0.830. The van der Waals surface area contributed by atoms with E-state index in [0.717, 1.165) is 19.0 Å². The summed E-state index contributed by atoms with van der Waals surface area (Å²) in [7, 11) is 0. The van der Waals surface area contributed by atoms with E-state index >= 15 is 0 Å². The molecule has 2 N–H and O–H groups in total. The SMILES string of the molecule is CCCCCCCCN(CCCCCCCC)c1nc(=S)[nH]c(=S)[nH]1.[Na+]. The van der Waals surface area contributed by atoms with E-state index in [1.165, 1.54) is 77.0 Å². The molecule has 0 aromatic carbocycles. The number of hydrogen-bond donors (Lipinski definition) is 2. The summed E-state index contributed by atoms with van der Waals surface area (Å²) in [5, 5.41) is 0. The zero-order chi connectivity index (χ0) is 18.3. The van der Waals surface area contributed by atoms with Crippen LogP contribution in [-0.4, -0.2) is 28.0 Å². The Morgan fingerprint density at radius 3 is 1.65 bits per heavy atom. The molecule has 1 aromatic heterocycles. The monoisotopic (exact) mass is 407 g/mol. The number of nitrogens with one attached hydrogen (secondary N) is 2. The van der Waals surface area contributed by atoms with Gasteiger partial charge in [0.25, 0.3) is 0 Å². The van der Waals surface area contributed by atoms with Crippen molar-refractivity contribution in [1.29, 1.82) is 0 Å². The molecular formula is C19H36N4NaS2+. The van der Waals surface area contributed by atoms with E-state index in [1.807, 2.05) is 0 Å². The normalized spacial score (nSPS) is 10.5. The molecule has 0 aliphatic carbocycles. The van der Waals surface area contributed by atoms with Crippen LogP contribution in [0.15, 0.2) is 0 Å². The molecule has 4 nitrogen and oxygen atoms in total. The van der Waals surface area contributed by atoms with Crippen LogP contribution < -0.4 is 34.5 Å². The predicted molar refractivity (Wildman–Crippen MR) is 114 cm³/mol. The van der Waals surface area contributed by atoms with Crippen molar-refractivity contribution in [3.8, 4) is 0 Å². The molecule has 0 spiro atoms. The van der Waals surface area contributed by atoms with Crippen LogP contribution in [0.25, 0.3) is 0 Å². The van der Waals surface area contributed by atoms with Crippen LogP contribution in [0.4, 0.5) is 5.95 Å². The number of nitrogens with zero attached hydrogens (tertiary/aromatic N) is 2. The van der Waals surface area contributed by atoms with E-state index in [9.17, 15) is 0 Å². The molecule has 7 heteroatoms. The van der Waals surface area contributed by atoms with Crippen molar-refractivity contribution >= 4 is 30.4 Å². The first-order valence-electron chi connectivity index (χ1n) is 10.1. The standard InChI is InChI=1S/C19H36N4S2.Na/c1-3-5-7-9-11-13-15-23(16-14-12-10-8-6-4-2)17-20-18(24)22-19(25)21-17;/h3-16H2,1-2H3,(H2,20,21,22,24,25);/q;+1. The maximum Gasteiger partial charge on any atom is 1.00 e. The summed E-state index contributed by atoms with van der Waals surface area (Å²) >= 11 is 10.4. The van der Waals surface area contributed by atoms with Crippen LogP contribution in [0.2, 0.25) is 0 Å². The van der Waals surface area contributed by atoms with E-state index in [1.54, 1.807) is 0 Å². The summed E-state index contributed by atoms with van der Waals surface area (Å²) in [6.45, 7) is 6.57. The first-order valence-corrected chi connectivity index (χ1v) is 10.9. The molecule has 0 fully saturated rings. The van der Waals surface area contributed by atoms with Gasteiger partial charge >= 0.3 is 29.6 Å². The molecule has 144 valence electrons. The van der Waals surface area contributed by atoms with Gasteiger partial charge in [-0.2, -0.15) is 4.98 Å². The van der Waals surface area contributed by atoms with Gasteiger partial charge in [-0.3, -0.25) is 0 Å². The number of anilines is 1. The number of hydrogen-bond acceptors (Lipinski definition) is 4. The molecule has 0 bridgehead atoms. The third-order valence-corrected chi connectivity index (χ3v) is 4.91. The Hall–Kier alpha value is 0.250. The van der Waals surface area contributed by atoms with Crippen LogP contribution in [0.1, 0.15) is 90.9 Å². The number of unbranched alkanes of at least 4 members (excludes halogenated alkanes) is 10. The third kappa shape index (κ3) is 12.6. The van der Waals surface area contributed by atoms with E-state index in [2.05, 4.69) is 33.7 Å². The molecule has 0 unspecified atom stereocenters. The van der Waals surface area contributed by atoms with E-state index < -0.39 is 0 Å². The number of H-pyrrole nitrogens is 2. The summed E-state index contributed by atoms with van der Waals surface area (Å²) in [6.07, 6.45) is 15.6. The van der Waals surface area contributed by atoms with Gasteiger partial charge in [-0.15, -0.1) is 0 Å². The second-order valence-corrected chi connectivity index (χ2v) is 7.64. The minimum Gasteiger partial charge on any atom is -0.342 e. The Morgan fingerprint density at radius 1 is 0.731 bits per heavy atom. The second kappa shape index (κ2) is 17.4. The largest absolute Gasteiger partial charge is 1.00 e. The van der Waals surface area contributed by atoms with Crippen LogP contribution in [0, 0.1) is 9.54 Å². The van der Waals surface area contributed by atoms with Gasteiger partial charge in [-0.05, 0) is 37.3 Å². The molecule has 0 aliphatic rings. The molecule has 26 heavy (non-hydrogen) atoms. The van der Waals surface area contributed by atoms with E-state index in [-0.39, 0.29) is 29.6 Å². The van der Waals surface area contributed by atoms with Gasteiger partial charge in [0.2, 0.25) is 10.7 Å². The topological polar surface area (TPSA) is 47.7 Å². The van der Waals surface area contributed by atoms with Crippen molar-refractivity contribution in [2.45, 2.75) is 90.9 Å². The summed E-state index contributed by atoms with van der Waals surface area (Å²) in [6, 6.07) is 0. The van der Waals surface area contributed by atoms with Gasteiger partial charge in [-0.25, -0.2) is 0 Å². The van der Waals surface area contributed by atoms with E-state index in [0.29, 0.717) is 9.54 Å². The molecular weight excluding hydrogens is 371 g/mol. The molecule has 0 radical (unpaired) electrons. The molecule has 0 atom stereocenters. The van der Waals surface area contributed by atoms with Gasteiger partial charge in [-0.1, -0.05) is 78.1 Å². The van der Waals surface area contributed by atoms with Crippen molar-refractivity contribution in [3.63, 3.8) is 0 Å². The van der Waals surface area contributed by atoms with Gasteiger partial charge in [0.15, 0.2) is 4.77 Å². The maximum atomic E-state index is 5.23. The van der Waals surface area contributed by atoms with Crippen molar-refractivity contribution in [1.82, 2.24) is 15.0 Å². The van der Waals surface area contributed by atoms with Crippen molar-refractivity contribution < 1.29 is 29.6 Å². The van der Waals surface area contributed by atoms with Crippen LogP contribution >= 0.6 is 24.4 Å². The Kier molecular flexibility index (Phi) is 17.5. The fraction of sp³-hybridized carbons (Fsp3) is 0.842. The Bertz CT molecular complexity index is 515. The van der Waals surface area contributed by atoms with Crippen LogP contribution in [-0.2, 0) is 0 Å². The quantitative estimate of drug-likeness (QED) is 0.264. The van der Waals surface area contributed by atoms with Gasteiger partial charge in [0.1, 0.15) is 0 Å². The number of aromatic amines is 2. The molecule has 0 saturated carbocycles. The van der Waals surface area contributed by atoms with Crippen LogP contribution in [0.3, 0.4) is 0 Å². The third-order valence-electron chi connectivity index (χ3n) is 4.52. The van der Waals surface area contributed by atoms with Crippen molar-refractivity contribution in [2.24, 2.45) is 0 Å². The zero-order valence-corrected chi connectivity index (χ0v) is 20.7. The minimum absolute atomic E-state index is 0. The van der Waals surface area contributed by atoms with Crippen LogP contribution in [0.5, 0.6) is 0 Å². The molecule has 1 aromatic rings. The van der Waals surface area contributed by atoms with Crippen molar-refractivity contribution in [2.75, 3.05) is 18.0 Å². The molecule has 0 aliphatic heterocycles. The average Bonchev–Trinajstić information content (AvgIpc) is 2.58. The Morgan fingerprint density at radius 2 is 1.19 bits per heavy atom. The molecule has 1 rings (SSSR count). The summed E-state index contributed by atoms with van der Waals surface area (Å²) in [4.78, 5) is 12.8. The van der Waals surface area contributed by atoms with Gasteiger partial charge in [0, 0.05) is 13.1 Å². The molecule has 0 amide bonds. The first kappa shape index (κ1) is 26.2. The maximum absolute atomic E-state index is 5.23. The number of aromatic nitrogens is 3. The number of rotatable bonds is 15. The van der Waals surface area contributed by atoms with E-state index in [4.69, 9.17) is 24.4 Å². The average molecular weight is 408 g/mol. The van der Waals surface area contributed by atoms with Gasteiger partial charge < -0.3 is 14.9 Å². The molecule has 0 saturated heterocycles. The summed E-state index contributed by atoms with van der Waals surface area (Å²) < 4.78 is 1.03. The minimum atomic E-state index is 0. The fourth-order valence-electron chi connectivity index (χ4n) is 3.02. The predicted octanol–water partition coefficient (Wildman–Crippen LogP) is 3.73.